The summed E-state index contributed by atoms with van der Waals surface area (Å²) in [6.07, 6.45) is 18.3. The summed E-state index contributed by atoms with van der Waals surface area (Å²) in [4.78, 5) is 0. The van der Waals surface area contributed by atoms with E-state index in [1.54, 1.807) is 0 Å². The van der Waals surface area contributed by atoms with Crippen LogP contribution in [0.15, 0.2) is 12.0 Å². The highest BCUT2D eigenvalue weighted by atomic mass is 31.2. The highest BCUT2D eigenvalue weighted by Gasteiger charge is 2.22. The molecule has 1 saturated carbocycles. The monoisotopic (exact) mass is 267 g/mol. The van der Waals surface area contributed by atoms with Gasteiger partial charge in [-0.1, -0.05) is 64.7 Å². The van der Waals surface area contributed by atoms with Crippen LogP contribution in [0.4, 0.5) is 0 Å². The lowest BCUT2D eigenvalue weighted by Gasteiger charge is -2.27. The minimum absolute atomic E-state index is 0.918. The van der Waals surface area contributed by atoms with Crippen molar-refractivity contribution in [3.8, 4) is 0 Å². The molecule has 0 spiro atoms. The summed E-state index contributed by atoms with van der Waals surface area (Å²) in [5.74, 6) is 4.91. The molecule has 1 aliphatic heterocycles. The van der Waals surface area contributed by atoms with E-state index < -0.39 is 6.89 Å². The lowest BCUT2D eigenvalue weighted by molar-refractivity contribution is 0.508. The summed E-state index contributed by atoms with van der Waals surface area (Å²) in [5, 5.41) is 3.34. The zero-order chi connectivity index (χ0) is 12.7. The first-order chi connectivity index (χ1) is 8.81. The van der Waals surface area contributed by atoms with Crippen molar-refractivity contribution in [1.29, 1.82) is 0 Å². The van der Waals surface area contributed by atoms with Crippen LogP contribution in [0.1, 0.15) is 70.6 Å². The Morgan fingerprint density at radius 3 is 1.78 bits per heavy atom. The third-order valence-corrected chi connectivity index (χ3v) is 8.29. The van der Waals surface area contributed by atoms with Crippen LogP contribution in [0.2, 0.25) is 0 Å². The number of hydrogen-bond donors (Lipinski definition) is 1. The molecule has 2 rings (SSSR count). The van der Waals surface area contributed by atoms with E-state index in [1.807, 2.05) is 0 Å². The zero-order valence-corrected chi connectivity index (χ0v) is 12.9. The first-order valence-electron chi connectivity index (χ1n) is 7.95. The molecule has 0 unspecified atom stereocenters. The smallest absolute Gasteiger partial charge is 0.00102 e. The molecule has 1 heterocycles. The molecule has 18 heavy (non-hydrogen) atoms. The predicted octanol–water partition coefficient (Wildman–Crippen LogP) is 5.14. The Labute approximate surface area is 113 Å². The van der Waals surface area contributed by atoms with Crippen molar-refractivity contribution in [2.75, 3.05) is 6.66 Å². The van der Waals surface area contributed by atoms with E-state index >= 15 is 0 Å². The summed E-state index contributed by atoms with van der Waals surface area (Å²) in [6.45, 7) is 1.60. The maximum atomic E-state index is 3.34. The van der Waals surface area contributed by atoms with E-state index in [9.17, 15) is 0 Å². The maximum absolute atomic E-state index is 3.34. The van der Waals surface area contributed by atoms with Gasteiger partial charge in [-0.15, -0.1) is 0 Å². The van der Waals surface area contributed by atoms with Crippen molar-refractivity contribution in [2.24, 2.45) is 0 Å². The molecule has 1 aliphatic carbocycles. The van der Waals surface area contributed by atoms with E-state index in [4.69, 9.17) is 0 Å². The van der Waals surface area contributed by atoms with Crippen LogP contribution < -0.4 is 5.32 Å². The molecular weight excluding hydrogens is 237 g/mol. The van der Waals surface area contributed by atoms with Crippen molar-refractivity contribution in [2.45, 2.75) is 76.3 Å². The molecule has 1 atom stereocenters. The Morgan fingerprint density at radius 2 is 1.33 bits per heavy atom. The van der Waals surface area contributed by atoms with Crippen molar-refractivity contribution in [3.63, 3.8) is 0 Å². The number of hydrogen-bond acceptors (Lipinski definition) is 1. The molecule has 1 fully saturated rings. The van der Waals surface area contributed by atoms with Gasteiger partial charge in [0.1, 0.15) is 0 Å². The Hall–Kier alpha value is -0.160. The van der Waals surface area contributed by atoms with Gasteiger partial charge in [-0.25, -0.2) is 0 Å². The molecule has 1 N–H and O–H groups in total. The fourth-order valence-electron chi connectivity index (χ4n) is 3.38. The molecule has 0 amide bonds. The average Bonchev–Trinajstić information content (AvgIpc) is 2.78. The normalized spacial score (nSPS) is 32.1. The highest BCUT2D eigenvalue weighted by Crippen LogP contribution is 2.54. The molecule has 1 nitrogen and oxygen atoms in total. The Balaban J connectivity index is 1.91. The summed E-state index contributed by atoms with van der Waals surface area (Å²) >= 11 is 0. The second kappa shape index (κ2) is 7.43. The Bertz CT molecular complexity index is 307. The van der Waals surface area contributed by atoms with Crippen LogP contribution in [0.3, 0.4) is 0 Å². The van der Waals surface area contributed by atoms with Crippen LogP contribution in [-0.4, -0.2) is 18.2 Å². The molecule has 2 aliphatic rings. The molecule has 0 saturated heterocycles. The first kappa shape index (κ1) is 14.3. The van der Waals surface area contributed by atoms with Gasteiger partial charge in [-0.3, -0.25) is 0 Å². The first-order valence-corrected chi connectivity index (χ1v) is 10.4. The van der Waals surface area contributed by atoms with Gasteiger partial charge in [0.05, 0.1) is 0 Å². The quantitative estimate of drug-likeness (QED) is 0.648. The topological polar surface area (TPSA) is 12.0 Å². The van der Waals surface area contributed by atoms with E-state index in [0.29, 0.717) is 0 Å². The highest BCUT2D eigenvalue weighted by molar-refractivity contribution is 7.78. The fraction of sp³-hybridized carbons (Fsp3) is 0.812. The van der Waals surface area contributed by atoms with Gasteiger partial charge in [0.25, 0.3) is 0 Å². The number of nitrogens with one attached hydrogen (secondary N) is 1. The zero-order valence-electron chi connectivity index (χ0n) is 12.0. The SMILES string of the molecule is C[P@@]1(C2CCCCCCCCCCC2)=CNC=C1. The van der Waals surface area contributed by atoms with Gasteiger partial charge in [0, 0.05) is 12.1 Å². The average molecular weight is 267 g/mol. The standard InChI is InChI=1S/C16H30NP/c1-18(14-13-17-15-18)16-11-9-7-5-3-2-4-6-8-10-12-16/h13-17H,2-12H2,1H3/t18-/m0/s1. The van der Waals surface area contributed by atoms with Gasteiger partial charge in [-0.2, -0.15) is 0 Å². The van der Waals surface area contributed by atoms with Gasteiger partial charge in [0.2, 0.25) is 0 Å². The van der Waals surface area contributed by atoms with Crippen LogP contribution >= 0.6 is 6.89 Å². The second-order valence-corrected chi connectivity index (χ2v) is 9.98. The van der Waals surface area contributed by atoms with Gasteiger partial charge in [0.15, 0.2) is 0 Å². The fourth-order valence-corrected chi connectivity index (χ4v) is 6.21. The molecule has 0 aromatic heterocycles. The van der Waals surface area contributed by atoms with Crippen molar-refractivity contribution in [3.05, 3.63) is 12.0 Å². The third-order valence-electron chi connectivity index (χ3n) is 4.71. The Morgan fingerprint density at radius 1 is 0.833 bits per heavy atom. The molecule has 2 heteroatoms. The molecule has 0 aromatic rings. The van der Waals surface area contributed by atoms with Crippen LogP contribution in [0.5, 0.6) is 0 Å². The largest absolute Gasteiger partial charge is 0.367 e. The molecule has 0 aromatic carbocycles. The van der Waals surface area contributed by atoms with Gasteiger partial charge >= 0.3 is 0 Å². The summed E-state index contributed by atoms with van der Waals surface area (Å²) < 4.78 is 0. The maximum Gasteiger partial charge on any atom is 0.00102 e. The van der Waals surface area contributed by atoms with Crippen molar-refractivity contribution < 1.29 is 0 Å². The van der Waals surface area contributed by atoms with Crippen LogP contribution in [0, 0.1) is 0 Å². The number of rotatable bonds is 1. The Kier molecular flexibility index (Phi) is 5.89. The molecule has 104 valence electrons. The van der Waals surface area contributed by atoms with E-state index in [2.05, 4.69) is 29.9 Å². The predicted molar refractivity (Wildman–Crippen MR) is 85.8 cm³/mol. The van der Waals surface area contributed by atoms with Gasteiger partial charge < -0.3 is 5.32 Å². The minimum atomic E-state index is -0.918. The third kappa shape index (κ3) is 4.19. The van der Waals surface area contributed by atoms with E-state index in [-0.39, 0.29) is 0 Å². The van der Waals surface area contributed by atoms with E-state index in [1.165, 1.54) is 70.6 Å². The molecule has 0 bridgehead atoms. The molecule has 0 radical (unpaired) electrons. The van der Waals surface area contributed by atoms with Crippen molar-refractivity contribution in [1.82, 2.24) is 5.32 Å². The summed E-state index contributed by atoms with van der Waals surface area (Å²) in [6, 6.07) is 0. The van der Waals surface area contributed by atoms with Crippen LogP contribution in [0.25, 0.3) is 0 Å². The minimum Gasteiger partial charge on any atom is -0.367 e. The lowest BCUT2D eigenvalue weighted by Crippen LogP contribution is -2.10. The molecular formula is C16H30NP. The second-order valence-electron chi connectivity index (χ2n) is 6.25. The lowest BCUT2D eigenvalue weighted by atomic mass is 10.0. The summed E-state index contributed by atoms with van der Waals surface area (Å²) in [7, 11) is 0. The van der Waals surface area contributed by atoms with Crippen LogP contribution in [-0.2, 0) is 0 Å². The summed E-state index contributed by atoms with van der Waals surface area (Å²) in [5.41, 5.74) is 0.961. The van der Waals surface area contributed by atoms with Gasteiger partial charge in [-0.05, 0) is 31.0 Å². The van der Waals surface area contributed by atoms with E-state index in [0.717, 1.165) is 5.66 Å². The van der Waals surface area contributed by atoms with Crippen molar-refractivity contribution >= 4 is 12.8 Å².